The molecule has 0 spiro atoms. The lowest BCUT2D eigenvalue weighted by Gasteiger charge is -2.32. The summed E-state index contributed by atoms with van der Waals surface area (Å²) in [5.41, 5.74) is 0.617. The molecule has 1 heterocycles. The van der Waals surface area contributed by atoms with Crippen LogP contribution in [0.3, 0.4) is 0 Å². The van der Waals surface area contributed by atoms with Crippen LogP contribution in [0.4, 0.5) is 0 Å². The monoisotopic (exact) mass is 322 g/mol. The number of carbonyl (C=O) groups excluding carboxylic acids is 1. The van der Waals surface area contributed by atoms with E-state index in [1.807, 2.05) is 18.2 Å². The largest absolute Gasteiger partial charge is 0.337 e. The van der Waals surface area contributed by atoms with E-state index in [1.54, 1.807) is 17.0 Å². The molecule has 1 atom stereocenters. The molecule has 22 heavy (non-hydrogen) atoms. The molecule has 1 aliphatic heterocycles. The number of hydrogen-bond donors (Lipinski definition) is 1. The zero-order valence-electron chi connectivity index (χ0n) is 12.6. The number of likely N-dealkylation sites (tertiary alicyclic amines) is 1. The Morgan fingerprint density at radius 2 is 1.91 bits per heavy atom. The second-order valence-electron chi connectivity index (χ2n) is 6.22. The fraction of sp³-hybridized carbons (Fsp3) is 0.562. The standard InChI is InChI=1S/C16H22N2O3S/c19-16(14-5-2-1-3-6-14)18-10-4-7-15(12-18)22(20,21)17-11-13-8-9-13/h1-3,5-6,13,15,17H,4,7-12H2. The Balaban J connectivity index is 1.64. The lowest BCUT2D eigenvalue weighted by atomic mass is 10.1. The quantitative estimate of drug-likeness (QED) is 0.896. The van der Waals surface area contributed by atoms with Gasteiger partial charge in [0, 0.05) is 25.2 Å². The summed E-state index contributed by atoms with van der Waals surface area (Å²) in [6, 6.07) is 9.05. The summed E-state index contributed by atoms with van der Waals surface area (Å²) in [4.78, 5) is 14.1. The van der Waals surface area contributed by atoms with E-state index in [1.165, 1.54) is 0 Å². The van der Waals surface area contributed by atoms with Crippen molar-refractivity contribution in [1.82, 2.24) is 9.62 Å². The van der Waals surface area contributed by atoms with Crippen molar-refractivity contribution in [3.63, 3.8) is 0 Å². The first-order chi connectivity index (χ1) is 10.6. The number of sulfonamides is 1. The first kappa shape index (κ1) is 15.5. The van der Waals surface area contributed by atoms with E-state index in [9.17, 15) is 13.2 Å². The molecule has 1 aromatic rings. The number of hydrogen-bond acceptors (Lipinski definition) is 3. The van der Waals surface area contributed by atoms with Crippen molar-refractivity contribution in [2.24, 2.45) is 5.92 Å². The van der Waals surface area contributed by atoms with Gasteiger partial charge in [-0.25, -0.2) is 13.1 Å². The smallest absolute Gasteiger partial charge is 0.253 e. The SMILES string of the molecule is O=C(c1ccccc1)N1CCCC(S(=O)(=O)NCC2CC2)C1. The highest BCUT2D eigenvalue weighted by Gasteiger charge is 2.34. The maximum Gasteiger partial charge on any atom is 0.253 e. The average Bonchev–Trinajstić information content (AvgIpc) is 3.38. The van der Waals surface area contributed by atoms with Crippen LogP contribution in [0.15, 0.2) is 30.3 Å². The van der Waals surface area contributed by atoms with Crippen LogP contribution in [0.25, 0.3) is 0 Å². The third-order valence-corrected chi connectivity index (χ3v) is 6.23. The molecule has 1 saturated carbocycles. The van der Waals surface area contributed by atoms with Gasteiger partial charge in [0.15, 0.2) is 0 Å². The van der Waals surface area contributed by atoms with Crippen LogP contribution >= 0.6 is 0 Å². The molecule has 1 unspecified atom stereocenters. The summed E-state index contributed by atoms with van der Waals surface area (Å²) >= 11 is 0. The predicted octanol–water partition coefficient (Wildman–Crippen LogP) is 1.62. The first-order valence-electron chi connectivity index (χ1n) is 7.89. The van der Waals surface area contributed by atoms with Gasteiger partial charge in [-0.2, -0.15) is 0 Å². The average molecular weight is 322 g/mol. The zero-order valence-corrected chi connectivity index (χ0v) is 13.4. The molecule has 0 radical (unpaired) electrons. The molecule has 120 valence electrons. The molecule has 0 aromatic heterocycles. The minimum Gasteiger partial charge on any atom is -0.337 e. The molecule has 1 aliphatic carbocycles. The molecule has 1 aromatic carbocycles. The summed E-state index contributed by atoms with van der Waals surface area (Å²) in [5, 5.41) is -0.493. The zero-order chi connectivity index (χ0) is 15.6. The van der Waals surface area contributed by atoms with Crippen molar-refractivity contribution >= 4 is 15.9 Å². The number of piperidine rings is 1. The molecule has 0 bridgehead atoms. The second kappa shape index (κ2) is 6.38. The van der Waals surface area contributed by atoms with Gasteiger partial charge in [0.2, 0.25) is 10.0 Å². The summed E-state index contributed by atoms with van der Waals surface area (Å²) in [6.45, 7) is 1.46. The van der Waals surface area contributed by atoms with Crippen LogP contribution in [0.1, 0.15) is 36.0 Å². The van der Waals surface area contributed by atoms with Crippen molar-refractivity contribution in [1.29, 1.82) is 0 Å². The van der Waals surface area contributed by atoms with Crippen LogP contribution in [-0.2, 0) is 10.0 Å². The second-order valence-corrected chi connectivity index (χ2v) is 8.26. The summed E-state index contributed by atoms with van der Waals surface area (Å²) in [7, 11) is -3.33. The number of carbonyl (C=O) groups is 1. The van der Waals surface area contributed by atoms with Crippen LogP contribution in [0.2, 0.25) is 0 Å². The van der Waals surface area contributed by atoms with Gasteiger partial charge in [0.05, 0.1) is 5.25 Å². The molecule has 1 saturated heterocycles. The maximum absolute atomic E-state index is 12.5. The van der Waals surface area contributed by atoms with E-state index >= 15 is 0 Å². The molecule has 2 fully saturated rings. The molecule has 6 heteroatoms. The number of nitrogens with one attached hydrogen (secondary N) is 1. The normalized spacial score (nSPS) is 22.5. The highest BCUT2D eigenvalue weighted by atomic mass is 32.2. The van der Waals surface area contributed by atoms with Crippen LogP contribution in [0.5, 0.6) is 0 Å². The lowest BCUT2D eigenvalue weighted by molar-refractivity contribution is 0.0726. The lowest BCUT2D eigenvalue weighted by Crippen LogP contribution is -2.48. The third kappa shape index (κ3) is 3.67. The fourth-order valence-electron chi connectivity index (χ4n) is 2.81. The van der Waals surface area contributed by atoms with Crippen LogP contribution in [0, 0.1) is 5.92 Å². The first-order valence-corrected chi connectivity index (χ1v) is 9.44. The highest BCUT2D eigenvalue weighted by Crippen LogP contribution is 2.28. The third-order valence-electron chi connectivity index (χ3n) is 4.40. The Labute approximate surface area is 131 Å². The van der Waals surface area contributed by atoms with Gasteiger partial charge in [-0.05, 0) is 43.7 Å². The van der Waals surface area contributed by atoms with Gasteiger partial charge in [0.25, 0.3) is 5.91 Å². The summed E-state index contributed by atoms with van der Waals surface area (Å²) in [5.74, 6) is 0.433. The van der Waals surface area contributed by atoms with Crippen molar-refractivity contribution in [3.05, 3.63) is 35.9 Å². The molecular weight excluding hydrogens is 300 g/mol. The van der Waals surface area contributed by atoms with Crippen LogP contribution in [-0.4, -0.2) is 44.1 Å². The summed E-state index contributed by atoms with van der Waals surface area (Å²) in [6.07, 6.45) is 3.59. The van der Waals surface area contributed by atoms with E-state index in [0.29, 0.717) is 31.0 Å². The van der Waals surface area contributed by atoms with Crippen molar-refractivity contribution < 1.29 is 13.2 Å². The van der Waals surface area contributed by atoms with Crippen molar-refractivity contribution in [3.8, 4) is 0 Å². The Kier molecular flexibility index (Phi) is 4.49. The number of amides is 1. The number of nitrogens with zero attached hydrogens (tertiary/aromatic N) is 1. The molecule has 1 N–H and O–H groups in total. The Morgan fingerprint density at radius 3 is 2.59 bits per heavy atom. The van der Waals surface area contributed by atoms with Gasteiger partial charge in [-0.3, -0.25) is 4.79 Å². The highest BCUT2D eigenvalue weighted by molar-refractivity contribution is 7.90. The van der Waals surface area contributed by atoms with Gasteiger partial charge < -0.3 is 4.90 Å². The van der Waals surface area contributed by atoms with Gasteiger partial charge in [-0.1, -0.05) is 18.2 Å². The van der Waals surface area contributed by atoms with Crippen molar-refractivity contribution in [2.45, 2.75) is 30.9 Å². The maximum atomic E-state index is 12.5. The molecule has 5 nitrogen and oxygen atoms in total. The molecular formula is C16H22N2O3S. The van der Waals surface area contributed by atoms with E-state index in [2.05, 4.69) is 4.72 Å². The minimum atomic E-state index is -3.33. The van der Waals surface area contributed by atoms with Gasteiger partial charge in [0.1, 0.15) is 0 Å². The van der Waals surface area contributed by atoms with E-state index in [0.717, 1.165) is 19.3 Å². The predicted molar refractivity (Wildman–Crippen MR) is 85.0 cm³/mol. The topological polar surface area (TPSA) is 66.5 Å². The molecule has 1 amide bonds. The Bertz CT molecular complexity index is 626. The minimum absolute atomic E-state index is 0.0808. The van der Waals surface area contributed by atoms with E-state index < -0.39 is 15.3 Å². The summed E-state index contributed by atoms with van der Waals surface area (Å²) < 4.78 is 27.5. The van der Waals surface area contributed by atoms with Crippen LogP contribution < -0.4 is 4.72 Å². The van der Waals surface area contributed by atoms with Gasteiger partial charge >= 0.3 is 0 Å². The number of benzene rings is 1. The van der Waals surface area contributed by atoms with E-state index in [-0.39, 0.29) is 12.5 Å². The number of rotatable bonds is 5. The Morgan fingerprint density at radius 1 is 1.18 bits per heavy atom. The van der Waals surface area contributed by atoms with Gasteiger partial charge in [-0.15, -0.1) is 0 Å². The molecule has 2 aliphatic rings. The Hall–Kier alpha value is -1.40. The van der Waals surface area contributed by atoms with Crippen molar-refractivity contribution in [2.75, 3.05) is 19.6 Å². The molecule has 3 rings (SSSR count). The fourth-order valence-corrected chi connectivity index (χ4v) is 4.37. The van der Waals surface area contributed by atoms with E-state index in [4.69, 9.17) is 0 Å².